The van der Waals surface area contributed by atoms with E-state index < -0.39 is 27.2 Å². The van der Waals surface area contributed by atoms with Gasteiger partial charge in [-0.2, -0.15) is 10.4 Å². The molecule has 0 saturated heterocycles. The van der Waals surface area contributed by atoms with Crippen molar-refractivity contribution >= 4 is 33.0 Å². The Hall–Kier alpha value is -4.21. The van der Waals surface area contributed by atoms with Crippen molar-refractivity contribution in [3.8, 4) is 11.8 Å². The van der Waals surface area contributed by atoms with Crippen LogP contribution in [0.25, 0.3) is 5.69 Å². The molecule has 2 aromatic carbocycles. The summed E-state index contributed by atoms with van der Waals surface area (Å²) in [6.45, 7) is 1.61. The molecule has 0 radical (unpaired) electrons. The van der Waals surface area contributed by atoms with Crippen LogP contribution >= 0.6 is 0 Å². The molecule has 0 aliphatic rings. The maximum atomic E-state index is 13.5. The van der Waals surface area contributed by atoms with Crippen LogP contribution in [0, 0.1) is 18.3 Å². The Balaban J connectivity index is 2.42. The van der Waals surface area contributed by atoms with Crippen molar-refractivity contribution in [3.63, 3.8) is 0 Å². The summed E-state index contributed by atoms with van der Waals surface area (Å²) >= 11 is 0. The molecule has 0 fully saturated rings. The lowest BCUT2D eigenvalue weighted by atomic mass is 10.2. The third kappa shape index (κ3) is 4.02. The smallest absolute Gasteiger partial charge is 0.297 e. The first-order valence-corrected chi connectivity index (χ1v) is 10.7. The standard InChI is InChI=1S/C20H19N7O4S/c1-13-18(20(29)27(25(13)2)14-8-4-3-5-9-14)26(24-15(12-21)19(22)28)16-10-6-7-11-17(16)32(23,30)31/h3-11H,1-2H3,(H2,22,28)(H2,23,30,31)/b24-15+. The number of anilines is 2. The highest BCUT2D eigenvalue weighted by molar-refractivity contribution is 7.89. The van der Waals surface area contributed by atoms with Crippen LogP contribution in [0.3, 0.4) is 0 Å². The van der Waals surface area contributed by atoms with Gasteiger partial charge in [-0.1, -0.05) is 30.3 Å². The number of sulfonamides is 1. The molecule has 1 heterocycles. The van der Waals surface area contributed by atoms with Crippen LogP contribution in [0.2, 0.25) is 0 Å². The van der Waals surface area contributed by atoms with E-state index in [1.54, 1.807) is 50.4 Å². The number of hydrogen-bond donors (Lipinski definition) is 2. The second-order valence-corrected chi connectivity index (χ2v) is 8.19. The number of aromatic nitrogens is 2. The van der Waals surface area contributed by atoms with E-state index in [2.05, 4.69) is 5.10 Å². The molecule has 0 atom stereocenters. The molecule has 0 bridgehead atoms. The number of para-hydroxylation sites is 2. The zero-order chi connectivity index (χ0) is 23.6. The zero-order valence-electron chi connectivity index (χ0n) is 17.1. The van der Waals surface area contributed by atoms with E-state index in [1.165, 1.54) is 33.6 Å². The summed E-state index contributed by atoms with van der Waals surface area (Å²) in [5.41, 5.74) is 4.60. The molecule has 0 saturated carbocycles. The molecule has 0 aliphatic heterocycles. The Bertz CT molecular complexity index is 1430. The molecule has 32 heavy (non-hydrogen) atoms. The highest BCUT2D eigenvalue weighted by Gasteiger charge is 2.28. The fraction of sp³-hybridized carbons (Fsp3) is 0.100. The topological polar surface area (TPSA) is 170 Å². The Morgan fingerprint density at radius 2 is 1.72 bits per heavy atom. The van der Waals surface area contributed by atoms with Crippen LogP contribution < -0.4 is 21.4 Å². The van der Waals surface area contributed by atoms with Crippen molar-refractivity contribution in [2.75, 3.05) is 5.01 Å². The van der Waals surface area contributed by atoms with E-state index in [9.17, 15) is 23.3 Å². The summed E-state index contributed by atoms with van der Waals surface area (Å²) in [6.07, 6.45) is 0. The monoisotopic (exact) mass is 453 g/mol. The minimum atomic E-state index is -4.26. The molecule has 1 amide bonds. The van der Waals surface area contributed by atoms with Gasteiger partial charge in [-0.3, -0.25) is 14.3 Å². The van der Waals surface area contributed by atoms with Gasteiger partial charge in [0.1, 0.15) is 11.0 Å². The Labute approximate surface area is 183 Å². The Morgan fingerprint density at radius 3 is 2.28 bits per heavy atom. The predicted molar refractivity (Wildman–Crippen MR) is 118 cm³/mol. The minimum Gasteiger partial charge on any atom is -0.364 e. The highest BCUT2D eigenvalue weighted by atomic mass is 32.2. The fourth-order valence-corrected chi connectivity index (χ4v) is 3.84. The molecular formula is C20H19N7O4S. The fourth-order valence-electron chi connectivity index (χ4n) is 3.12. The number of benzene rings is 2. The number of primary sulfonamides is 1. The van der Waals surface area contributed by atoms with E-state index in [0.717, 1.165) is 5.01 Å². The number of primary amides is 1. The number of carbonyl (C=O) groups is 1. The van der Waals surface area contributed by atoms with Crippen molar-refractivity contribution in [2.45, 2.75) is 11.8 Å². The first-order chi connectivity index (χ1) is 15.1. The second kappa shape index (κ2) is 8.50. The number of amides is 1. The molecule has 1 aromatic heterocycles. The van der Waals surface area contributed by atoms with Gasteiger partial charge in [0.25, 0.3) is 11.5 Å². The molecule has 4 N–H and O–H groups in total. The molecule has 0 aliphatic carbocycles. The molecule has 164 valence electrons. The number of nitriles is 1. The van der Waals surface area contributed by atoms with Gasteiger partial charge in [0.2, 0.25) is 15.7 Å². The average molecular weight is 453 g/mol. The zero-order valence-corrected chi connectivity index (χ0v) is 17.9. The molecule has 11 nitrogen and oxygen atoms in total. The van der Waals surface area contributed by atoms with Crippen LogP contribution in [0.15, 0.2) is 69.4 Å². The average Bonchev–Trinajstić information content (AvgIpc) is 2.97. The third-order valence-corrected chi connectivity index (χ3v) is 5.63. The summed E-state index contributed by atoms with van der Waals surface area (Å²) in [7, 11) is -2.63. The van der Waals surface area contributed by atoms with Gasteiger partial charge in [0.05, 0.1) is 17.1 Å². The lowest BCUT2D eigenvalue weighted by molar-refractivity contribution is -0.111. The summed E-state index contributed by atoms with van der Waals surface area (Å²) in [5, 5.41) is 19.5. The summed E-state index contributed by atoms with van der Waals surface area (Å²) in [6, 6.07) is 15.8. The summed E-state index contributed by atoms with van der Waals surface area (Å²) in [5.74, 6) is -1.15. The van der Waals surface area contributed by atoms with E-state index in [-0.39, 0.29) is 16.3 Å². The van der Waals surface area contributed by atoms with Gasteiger partial charge in [-0.25, -0.2) is 23.2 Å². The van der Waals surface area contributed by atoms with Gasteiger partial charge in [0.15, 0.2) is 5.69 Å². The van der Waals surface area contributed by atoms with Gasteiger partial charge < -0.3 is 5.73 Å². The minimum absolute atomic E-state index is 0.0959. The van der Waals surface area contributed by atoms with Crippen LogP contribution in [-0.4, -0.2) is 29.4 Å². The first kappa shape index (κ1) is 22.5. The van der Waals surface area contributed by atoms with Crippen molar-refractivity contribution in [1.29, 1.82) is 5.26 Å². The van der Waals surface area contributed by atoms with Crippen LogP contribution in [0.4, 0.5) is 11.4 Å². The molecule has 3 rings (SSSR count). The van der Waals surface area contributed by atoms with E-state index in [0.29, 0.717) is 11.4 Å². The van der Waals surface area contributed by atoms with E-state index in [1.807, 2.05) is 0 Å². The number of hydrazone groups is 1. The lowest BCUT2D eigenvalue weighted by Crippen LogP contribution is -2.29. The van der Waals surface area contributed by atoms with Crippen molar-refractivity contribution in [2.24, 2.45) is 23.0 Å². The van der Waals surface area contributed by atoms with E-state index in [4.69, 9.17) is 10.9 Å². The molecule has 12 heteroatoms. The number of carbonyl (C=O) groups excluding carboxylic acids is 1. The van der Waals surface area contributed by atoms with Crippen molar-refractivity contribution in [3.05, 3.63) is 70.6 Å². The third-order valence-electron chi connectivity index (χ3n) is 4.67. The lowest BCUT2D eigenvalue weighted by Gasteiger charge is -2.20. The van der Waals surface area contributed by atoms with Gasteiger partial charge in [-0.05, 0) is 31.2 Å². The highest BCUT2D eigenvalue weighted by Crippen LogP contribution is 2.32. The van der Waals surface area contributed by atoms with E-state index >= 15 is 0 Å². The Kier molecular flexibility index (Phi) is 5.97. The number of nitrogens with two attached hydrogens (primary N) is 2. The largest absolute Gasteiger partial charge is 0.364 e. The number of nitrogens with zero attached hydrogens (tertiary/aromatic N) is 5. The number of rotatable bonds is 6. The summed E-state index contributed by atoms with van der Waals surface area (Å²) < 4.78 is 27.3. The quantitative estimate of drug-likeness (QED) is 0.410. The van der Waals surface area contributed by atoms with Gasteiger partial charge in [-0.15, -0.1) is 0 Å². The maximum absolute atomic E-state index is 13.5. The molecule has 0 unspecified atom stereocenters. The molecule has 3 aromatic rings. The van der Waals surface area contributed by atoms with Gasteiger partial charge >= 0.3 is 0 Å². The van der Waals surface area contributed by atoms with Crippen molar-refractivity contribution in [1.82, 2.24) is 9.36 Å². The van der Waals surface area contributed by atoms with Crippen LogP contribution in [-0.2, 0) is 21.9 Å². The SMILES string of the molecule is Cc1c(N(/N=C(\C#N)C(N)=O)c2ccccc2S(N)(=O)=O)c(=O)n(-c2ccccc2)n1C. The summed E-state index contributed by atoms with van der Waals surface area (Å²) in [4.78, 5) is 24.8. The van der Waals surface area contributed by atoms with Crippen molar-refractivity contribution < 1.29 is 13.2 Å². The maximum Gasteiger partial charge on any atom is 0.297 e. The van der Waals surface area contributed by atoms with Crippen LogP contribution in [0.1, 0.15) is 5.69 Å². The van der Waals surface area contributed by atoms with Gasteiger partial charge in [0, 0.05) is 7.05 Å². The normalized spacial score (nSPS) is 11.8. The molecule has 0 spiro atoms. The van der Waals surface area contributed by atoms with Crippen LogP contribution in [0.5, 0.6) is 0 Å². The first-order valence-electron chi connectivity index (χ1n) is 9.12. The number of hydrogen-bond acceptors (Lipinski definition) is 7. The molecular weight excluding hydrogens is 434 g/mol. The predicted octanol–water partition coefficient (Wildman–Crippen LogP) is 0.635. The second-order valence-electron chi connectivity index (χ2n) is 6.66. The Morgan fingerprint density at radius 1 is 1.12 bits per heavy atom.